The first-order valence-corrected chi connectivity index (χ1v) is 7.48. The Hall–Kier alpha value is -2.89. The molecule has 0 atom stereocenters. The number of rotatable bonds is 8. The predicted molar refractivity (Wildman–Crippen MR) is 86.0 cm³/mol. The second-order valence-corrected chi connectivity index (χ2v) is 4.99. The standard InChI is InChI=1S/C18H18FNO4/c19-15-6-8-16(9-7-15)23-13-18(22)24-12-17(21)20-11-10-14-4-2-1-3-5-14/h1-9H,10-13H2,(H,20,21). The van der Waals surface area contributed by atoms with Gasteiger partial charge in [0.1, 0.15) is 11.6 Å². The molecular weight excluding hydrogens is 313 g/mol. The first kappa shape index (κ1) is 17.5. The van der Waals surface area contributed by atoms with E-state index in [2.05, 4.69) is 5.32 Å². The van der Waals surface area contributed by atoms with Gasteiger partial charge in [0.25, 0.3) is 5.91 Å². The molecule has 0 aliphatic heterocycles. The van der Waals surface area contributed by atoms with Crippen molar-refractivity contribution in [2.45, 2.75) is 6.42 Å². The van der Waals surface area contributed by atoms with Crippen molar-refractivity contribution < 1.29 is 23.5 Å². The first-order valence-electron chi connectivity index (χ1n) is 7.48. The minimum Gasteiger partial charge on any atom is -0.482 e. The Morgan fingerprint density at radius 2 is 1.67 bits per heavy atom. The van der Waals surface area contributed by atoms with Crippen molar-refractivity contribution >= 4 is 11.9 Å². The van der Waals surface area contributed by atoms with E-state index in [1.165, 1.54) is 24.3 Å². The number of carbonyl (C=O) groups is 2. The van der Waals surface area contributed by atoms with Gasteiger partial charge in [-0.25, -0.2) is 9.18 Å². The fraction of sp³-hybridized carbons (Fsp3) is 0.222. The van der Waals surface area contributed by atoms with Crippen LogP contribution in [-0.2, 0) is 20.7 Å². The monoisotopic (exact) mass is 331 g/mol. The number of benzene rings is 2. The Morgan fingerprint density at radius 3 is 2.38 bits per heavy atom. The topological polar surface area (TPSA) is 64.6 Å². The summed E-state index contributed by atoms with van der Waals surface area (Å²) in [5.41, 5.74) is 1.11. The van der Waals surface area contributed by atoms with E-state index in [1.54, 1.807) is 0 Å². The zero-order valence-electron chi connectivity index (χ0n) is 13.0. The highest BCUT2D eigenvalue weighted by Gasteiger charge is 2.08. The molecular formula is C18H18FNO4. The van der Waals surface area contributed by atoms with Gasteiger partial charge in [0.05, 0.1) is 0 Å². The van der Waals surface area contributed by atoms with Crippen LogP contribution in [0.3, 0.4) is 0 Å². The van der Waals surface area contributed by atoms with E-state index >= 15 is 0 Å². The molecule has 0 heterocycles. The molecule has 126 valence electrons. The van der Waals surface area contributed by atoms with Crippen molar-refractivity contribution in [1.82, 2.24) is 5.32 Å². The van der Waals surface area contributed by atoms with Gasteiger partial charge in [-0.05, 0) is 36.2 Å². The van der Waals surface area contributed by atoms with Crippen molar-refractivity contribution in [3.05, 3.63) is 66.0 Å². The smallest absolute Gasteiger partial charge is 0.344 e. The van der Waals surface area contributed by atoms with Crippen LogP contribution in [0.5, 0.6) is 5.75 Å². The zero-order chi connectivity index (χ0) is 17.2. The van der Waals surface area contributed by atoms with Crippen LogP contribution in [0.4, 0.5) is 4.39 Å². The van der Waals surface area contributed by atoms with Gasteiger partial charge in [0, 0.05) is 6.54 Å². The SMILES string of the molecule is O=C(COC(=O)COc1ccc(F)cc1)NCCc1ccccc1. The molecule has 0 saturated heterocycles. The summed E-state index contributed by atoms with van der Waals surface area (Å²) in [6, 6.07) is 15.0. The number of halogens is 1. The lowest BCUT2D eigenvalue weighted by Crippen LogP contribution is -2.31. The summed E-state index contributed by atoms with van der Waals surface area (Å²) in [5, 5.41) is 2.67. The molecule has 5 nitrogen and oxygen atoms in total. The number of nitrogens with one attached hydrogen (secondary N) is 1. The van der Waals surface area contributed by atoms with E-state index < -0.39 is 11.8 Å². The largest absolute Gasteiger partial charge is 0.482 e. The second-order valence-electron chi connectivity index (χ2n) is 4.99. The third-order valence-corrected chi connectivity index (χ3v) is 3.11. The molecule has 2 aromatic carbocycles. The van der Waals surface area contributed by atoms with Gasteiger partial charge < -0.3 is 14.8 Å². The Labute approximate surface area is 139 Å². The Morgan fingerprint density at radius 1 is 0.958 bits per heavy atom. The summed E-state index contributed by atoms with van der Waals surface area (Å²) in [7, 11) is 0. The van der Waals surface area contributed by atoms with Crippen LogP contribution in [0.25, 0.3) is 0 Å². The number of ether oxygens (including phenoxy) is 2. The van der Waals surface area contributed by atoms with E-state index in [9.17, 15) is 14.0 Å². The minimum atomic E-state index is -0.669. The van der Waals surface area contributed by atoms with Crippen molar-refractivity contribution in [2.75, 3.05) is 19.8 Å². The first-order chi connectivity index (χ1) is 11.6. The molecule has 0 fully saturated rings. The molecule has 0 radical (unpaired) electrons. The quantitative estimate of drug-likeness (QED) is 0.753. The van der Waals surface area contributed by atoms with Gasteiger partial charge in [0.15, 0.2) is 13.2 Å². The van der Waals surface area contributed by atoms with Crippen LogP contribution in [0.15, 0.2) is 54.6 Å². The van der Waals surface area contributed by atoms with E-state index in [0.29, 0.717) is 18.7 Å². The summed E-state index contributed by atoms with van der Waals surface area (Å²) < 4.78 is 22.6. The van der Waals surface area contributed by atoms with E-state index in [0.717, 1.165) is 5.56 Å². The molecule has 0 bridgehead atoms. The van der Waals surface area contributed by atoms with E-state index in [-0.39, 0.29) is 19.1 Å². The van der Waals surface area contributed by atoms with Gasteiger partial charge >= 0.3 is 5.97 Å². The van der Waals surface area contributed by atoms with Crippen LogP contribution < -0.4 is 10.1 Å². The average Bonchev–Trinajstić information content (AvgIpc) is 2.60. The number of hydrogen-bond acceptors (Lipinski definition) is 4. The molecule has 0 saturated carbocycles. The van der Waals surface area contributed by atoms with Gasteiger partial charge in [-0.1, -0.05) is 30.3 Å². The highest BCUT2D eigenvalue weighted by molar-refractivity contribution is 5.80. The number of amides is 1. The number of hydrogen-bond donors (Lipinski definition) is 1. The maximum Gasteiger partial charge on any atom is 0.344 e. The molecule has 2 aromatic rings. The van der Waals surface area contributed by atoms with Gasteiger partial charge in [0.2, 0.25) is 0 Å². The molecule has 6 heteroatoms. The lowest BCUT2D eigenvalue weighted by molar-refractivity contribution is -0.150. The number of esters is 1. The maximum atomic E-state index is 12.7. The van der Waals surface area contributed by atoms with Crippen LogP contribution in [0.2, 0.25) is 0 Å². The fourth-order valence-electron chi connectivity index (χ4n) is 1.90. The Kier molecular flexibility index (Phi) is 6.76. The third kappa shape index (κ3) is 6.48. The molecule has 1 N–H and O–H groups in total. The van der Waals surface area contributed by atoms with Crippen molar-refractivity contribution in [1.29, 1.82) is 0 Å². The van der Waals surface area contributed by atoms with Crippen molar-refractivity contribution in [3.63, 3.8) is 0 Å². The molecule has 2 rings (SSSR count). The zero-order valence-corrected chi connectivity index (χ0v) is 13.0. The summed E-state index contributed by atoms with van der Waals surface area (Å²) in [6.45, 7) is -0.240. The molecule has 0 aliphatic rings. The maximum absolute atomic E-state index is 12.7. The molecule has 0 aromatic heterocycles. The second kappa shape index (κ2) is 9.29. The summed E-state index contributed by atoms with van der Waals surface area (Å²) in [4.78, 5) is 23.1. The lowest BCUT2D eigenvalue weighted by Gasteiger charge is -2.08. The molecule has 0 unspecified atom stereocenters. The van der Waals surface area contributed by atoms with E-state index in [1.807, 2.05) is 30.3 Å². The summed E-state index contributed by atoms with van der Waals surface area (Å²) in [5.74, 6) is -1.09. The van der Waals surface area contributed by atoms with Gasteiger partial charge in [-0.3, -0.25) is 4.79 Å². The van der Waals surface area contributed by atoms with E-state index in [4.69, 9.17) is 9.47 Å². The summed E-state index contributed by atoms with van der Waals surface area (Å²) >= 11 is 0. The third-order valence-electron chi connectivity index (χ3n) is 3.11. The van der Waals surface area contributed by atoms with Gasteiger partial charge in [-0.15, -0.1) is 0 Å². The van der Waals surface area contributed by atoms with Crippen LogP contribution in [0.1, 0.15) is 5.56 Å². The Bertz CT molecular complexity index is 658. The van der Waals surface area contributed by atoms with Crippen LogP contribution in [-0.4, -0.2) is 31.6 Å². The van der Waals surface area contributed by atoms with Gasteiger partial charge in [-0.2, -0.15) is 0 Å². The Balaban J connectivity index is 1.59. The van der Waals surface area contributed by atoms with Crippen LogP contribution >= 0.6 is 0 Å². The summed E-state index contributed by atoms with van der Waals surface area (Å²) in [6.07, 6.45) is 0.703. The fourth-order valence-corrected chi connectivity index (χ4v) is 1.90. The van der Waals surface area contributed by atoms with Crippen LogP contribution in [0, 0.1) is 5.82 Å². The number of carbonyl (C=O) groups excluding carboxylic acids is 2. The predicted octanol–water partition coefficient (Wildman–Crippen LogP) is 2.11. The average molecular weight is 331 g/mol. The normalized spacial score (nSPS) is 10.0. The molecule has 24 heavy (non-hydrogen) atoms. The highest BCUT2D eigenvalue weighted by Crippen LogP contribution is 2.10. The highest BCUT2D eigenvalue weighted by atomic mass is 19.1. The molecule has 0 aliphatic carbocycles. The van der Waals surface area contributed by atoms with Crippen molar-refractivity contribution in [3.8, 4) is 5.75 Å². The van der Waals surface area contributed by atoms with Crippen molar-refractivity contribution in [2.24, 2.45) is 0 Å². The lowest BCUT2D eigenvalue weighted by atomic mass is 10.1. The molecule has 0 spiro atoms. The molecule has 1 amide bonds. The minimum absolute atomic E-state index is 0.344.